The van der Waals surface area contributed by atoms with Gasteiger partial charge in [0.05, 0.1) is 6.54 Å². The first kappa shape index (κ1) is 13.9. The van der Waals surface area contributed by atoms with Gasteiger partial charge in [-0.15, -0.1) is 0 Å². The average Bonchev–Trinajstić information content (AvgIpc) is 2.26. The van der Waals surface area contributed by atoms with E-state index in [-0.39, 0.29) is 6.54 Å². The minimum atomic E-state index is -4.26. The summed E-state index contributed by atoms with van der Waals surface area (Å²) in [4.78, 5) is -0.671. The van der Waals surface area contributed by atoms with Gasteiger partial charge in [0.15, 0.2) is 0 Å². The van der Waals surface area contributed by atoms with Crippen LogP contribution in [0.4, 0.5) is 13.2 Å². The molecule has 0 heterocycles. The Bertz CT molecular complexity index is 491. The molecule has 0 aliphatic rings. The molecule has 0 amide bonds. The van der Waals surface area contributed by atoms with Gasteiger partial charge in [-0.2, -0.15) is 0 Å². The lowest BCUT2D eigenvalue weighted by Gasteiger charge is -2.08. The number of nitrogens with two attached hydrogens (primary N) is 1. The first-order valence-corrected chi connectivity index (χ1v) is 6.11. The maximum atomic E-state index is 13.4. The summed E-state index contributed by atoms with van der Waals surface area (Å²) in [6.45, 7) is -0.998. The van der Waals surface area contributed by atoms with Crippen molar-refractivity contribution < 1.29 is 21.6 Å². The Morgan fingerprint density at radius 3 is 2.47 bits per heavy atom. The quantitative estimate of drug-likeness (QED) is 0.830. The molecule has 1 aromatic carbocycles. The molecule has 0 radical (unpaired) electrons. The number of benzene rings is 1. The van der Waals surface area contributed by atoms with Crippen LogP contribution in [0, 0.1) is 5.82 Å². The molecule has 0 saturated carbocycles. The number of sulfonamides is 1. The molecule has 0 atom stereocenters. The molecule has 0 bridgehead atoms. The fourth-order valence-corrected chi connectivity index (χ4v) is 2.20. The van der Waals surface area contributed by atoms with Gasteiger partial charge in [-0.05, 0) is 17.7 Å². The summed E-state index contributed by atoms with van der Waals surface area (Å²) in [5.74, 6) is -1.02. The van der Waals surface area contributed by atoms with Gasteiger partial charge in [0, 0.05) is 6.54 Å². The maximum Gasteiger partial charge on any atom is 0.251 e. The topological polar surface area (TPSA) is 72.2 Å². The third-order valence-electron chi connectivity index (χ3n) is 1.95. The van der Waals surface area contributed by atoms with Gasteiger partial charge in [0.2, 0.25) is 10.0 Å². The minimum absolute atomic E-state index is 0.0573. The van der Waals surface area contributed by atoms with E-state index in [1.54, 1.807) is 4.72 Å². The summed E-state index contributed by atoms with van der Waals surface area (Å²) < 4.78 is 61.6. The van der Waals surface area contributed by atoms with Gasteiger partial charge >= 0.3 is 0 Å². The van der Waals surface area contributed by atoms with Crippen molar-refractivity contribution in [1.29, 1.82) is 0 Å². The van der Waals surface area contributed by atoms with Crippen LogP contribution in [0.25, 0.3) is 0 Å². The zero-order chi connectivity index (χ0) is 13.1. The number of nitrogens with one attached hydrogen (secondary N) is 1. The van der Waals surface area contributed by atoms with Crippen LogP contribution < -0.4 is 10.5 Å². The van der Waals surface area contributed by atoms with E-state index >= 15 is 0 Å². The highest BCUT2D eigenvalue weighted by Gasteiger charge is 2.20. The molecule has 3 N–H and O–H groups in total. The second-order valence-corrected chi connectivity index (χ2v) is 4.95. The lowest BCUT2D eigenvalue weighted by Crippen LogP contribution is -2.29. The average molecular weight is 268 g/mol. The van der Waals surface area contributed by atoms with E-state index in [4.69, 9.17) is 5.73 Å². The SMILES string of the molecule is NCc1ccc(S(=O)(=O)NCC(F)F)c(F)c1. The van der Waals surface area contributed by atoms with Crippen LogP contribution in [-0.2, 0) is 16.6 Å². The van der Waals surface area contributed by atoms with Crippen LogP contribution in [0.3, 0.4) is 0 Å². The Balaban J connectivity index is 2.99. The highest BCUT2D eigenvalue weighted by molar-refractivity contribution is 7.89. The summed E-state index contributed by atoms with van der Waals surface area (Å²) in [7, 11) is -4.26. The Hall–Kier alpha value is -1.12. The van der Waals surface area contributed by atoms with E-state index in [1.807, 2.05) is 0 Å². The van der Waals surface area contributed by atoms with E-state index in [0.29, 0.717) is 5.56 Å². The van der Waals surface area contributed by atoms with E-state index < -0.39 is 33.7 Å². The lowest BCUT2D eigenvalue weighted by molar-refractivity contribution is 0.153. The normalized spacial score (nSPS) is 12.1. The number of halogens is 3. The summed E-state index contributed by atoms with van der Waals surface area (Å²) in [5, 5.41) is 0. The molecule has 0 fully saturated rings. The third kappa shape index (κ3) is 3.69. The van der Waals surface area contributed by atoms with Crippen molar-refractivity contribution in [2.75, 3.05) is 6.54 Å². The summed E-state index contributed by atoms with van der Waals surface area (Å²) in [6, 6.07) is 3.27. The molecular weight excluding hydrogens is 257 g/mol. The van der Waals surface area contributed by atoms with Crippen molar-refractivity contribution in [1.82, 2.24) is 4.72 Å². The molecule has 4 nitrogen and oxygen atoms in total. The standard InChI is InChI=1S/C9H11F3N2O2S/c10-7-3-6(4-13)1-2-8(7)17(15,16)14-5-9(11)12/h1-3,9,14H,4-5,13H2. The van der Waals surface area contributed by atoms with Crippen molar-refractivity contribution in [2.45, 2.75) is 17.9 Å². The van der Waals surface area contributed by atoms with Crippen LogP contribution in [-0.4, -0.2) is 21.4 Å². The Morgan fingerprint density at radius 1 is 1.35 bits per heavy atom. The van der Waals surface area contributed by atoms with Crippen LogP contribution in [0.5, 0.6) is 0 Å². The molecular formula is C9H11F3N2O2S. The lowest BCUT2D eigenvalue weighted by atomic mass is 10.2. The van der Waals surface area contributed by atoms with Gasteiger partial charge in [-0.25, -0.2) is 26.3 Å². The van der Waals surface area contributed by atoms with E-state index in [0.717, 1.165) is 12.1 Å². The molecule has 0 aliphatic heterocycles. The van der Waals surface area contributed by atoms with Gasteiger partial charge in [0.25, 0.3) is 6.43 Å². The van der Waals surface area contributed by atoms with Crippen LogP contribution in [0.15, 0.2) is 23.1 Å². The molecule has 8 heteroatoms. The fraction of sp³-hybridized carbons (Fsp3) is 0.333. The van der Waals surface area contributed by atoms with Crippen molar-refractivity contribution >= 4 is 10.0 Å². The predicted octanol–water partition coefficient (Wildman–Crippen LogP) is 0.828. The summed E-state index contributed by atoms with van der Waals surface area (Å²) in [6.07, 6.45) is -2.84. The molecule has 0 spiro atoms. The Kier molecular flexibility index (Phi) is 4.49. The van der Waals surface area contributed by atoms with Crippen LogP contribution in [0.1, 0.15) is 5.56 Å². The van der Waals surface area contributed by atoms with Crippen molar-refractivity contribution in [2.24, 2.45) is 5.73 Å². The van der Waals surface area contributed by atoms with Crippen molar-refractivity contribution in [3.8, 4) is 0 Å². The zero-order valence-corrected chi connectivity index (χ0v) is 9.48. The van der Waals surface area contributed by atoms with Crippen LogP contribution >= 0.6 is 0 Å². The molecule has 0 aliphatic carbocycles. The van der Waals surface area contributed by atoms with Gasteiger partial charge in [0.1, 0.15) is 10.7 Å². The zero-order valence-electron chi connectivity index (χ0n) is 8.66. The number of rotatable bonds is 5. The second-order valence-electron chi connectivity index (χ2n) is 3.21. The Labute approximate surface area is 96.7 Å². The van der Waals surface area contributed by atoms with Gasteiger partial charge < -0.3 is 5.73 Å². The molecule has 0 unspecified atom stereocenters. The predicted molar refractivity (Wildman–Crippen MR) is 55.5 cm³/mol. The third-order valence-corrected chi connectivity index (χ3v) is 3.41. The highest BCUT2D eigenvalue weighted by atomic mass is 32.2. The van der Waals surface area contributed by atoms with Gasteiger partial charge in [-0.1, -0.05) is 6.07 Å². The first-order valence-electron chi connectivity index (χ1n) is 4.63. The molecule has 0 saturated heterocycles. The molecule has 17 heavy (non-hydrogen) atoms. The van der Waals surface area contributed by atoms with Crippen LogP contribution in [0.2, 0.25) is 0 Å². The molecule has 1 rings (SSSR count). The summed E-state index contributed by atoms with van der Waals surface area (Å²) in [5.41, 5.74) is 5.66. The van der Waals surface area contributed by atoms with Crippen molar-refractivity contribution in [3.05, 3.63) is 29.6 Å². The molecule has 96 valence electrons. The smallest absolute Gasteiger partial charge is 0.251 e. The monoisotopic (exact) mass is 268 g/mol. The number of hydrogen-bond acceptors (Lipinski definition) is 3. The first-order chi connectivity index (χ1) is 7.86. The number of hydrogen-bond donors (Lipinski definition) is 2. The highest BCUT2D eigenvalue weighted by Crippen LogP contribution is 2.15. The van der Waals surface area contributed by atoms with E-state index in [9.17, 15) is 21.6 Å². The molecule has 1 aromatic rings. The minimum Gasteiger partial charge on any atom is -0.326 e. The van der Waals surface area contributed by atoms with E-state index in [2.05, 4.69) is 0 Å². The van der Waals surface area contributed by atoms with E-state index in [1.165, 1.54) is 6.07 Å². The largest absolute Gasteiger partial charge is 0.326 e. The van der Waals surface area contributed by atoms with Crippen molar-refractivity contribution in [3.63, 3.8) is 0 Å². The molecule has 0 aromatic heterocycles. The summed E-state index contributed by atoms with van der Waals surface area (Å²) >= 11 is 0. The second kappa shape index (κ2) is 5.48. The van der Waals surface area contributed by atoms with Gasteiger partial charge in [-0.3, -0.25) is 0 Å². The maximum absolute atomic E-state index is 13.4. The Morgan fingerprint density at radius 2 is 2.00 bits per heavy atom. The number of alkyl halides is 2. The fourth-order valence-electron chi connectivity index (χ4n) is 1.14.